The molecule has 0 aliphatic rings. The molecule has 11 heavy (non-hydrogen) atoms. The standard InChI is InChI=1S/C8H18N2O/c1-4-6-7(5-2)8(9)10-11-3/h7H,4-6H2,1-3H3,(H2,9,10). The largest absolute Gasteiger partial charge is 0.398 e. The fraction of sp³-hybridized carbons (Fsp3) is 0.875. The van der Waals surface area contributed by atoms with Crippen molar-refractivity contribution in [1.82, 2.24) is 0 Å². The molecule has 0 bridgehead atoms. The summed E-state index contributed by atoms with van der Waals surface area (Å²) < 4.78 is 0. The quantitative estimate of drug-likeness (QED) is 0.376. The minimum absolute atomic E-state index is 0.389. The van der Waals surface area contributed by atoms with Crippen LogP contribution in [0.5, 0.6) is 0 Å². The van der Waals surface area contributed by atoms with Gasteiger partial charge < -0.3 is 10.6 Å². The first-order valence-corrected chi connectivity index (χ1v) is 4.12. The van der Waals surface area contributed by atoms with Crippen LogP contribution in [0.1, 0.15) is 33.1 Å². The van der Waals surface area contributed by atoms with Gasteiger partial charge in [0, 0.05) is 5.92 Å². The van der Waals surface area contributed by atoms with Crippen molar-refractivity contribution in [2.24, 2.45) is 16.8 Å². The minimum atomic E-state index is 0.389. The van der Waals surface area contributed by atoms with Crippen molar-refractivity contribution in [3.05, 3.63) is 0 Å². The molecule has 0 radical (unpaired) electrons. The third-order valence-electron chi connectivity index (χ3n) is 1.74. The van der Waals surface area contributed by atoms with E-state index in [1.54, 1.807) is 0 Å². The molecular weight excluding hydrogens is 140 g/mol. The van der Waals surface area contributed by atoms with Crippen LogP contribution in [0, 0.1) is 5.92 Å². The highest BCUT2D eigenvalue weighted by Gasteiger charge is 2.09. The second-order valence-corrected chi connectivity index (χ2v) is 2.59. The number of rotatable bonds is 5. The summed E-state index contributed by atoms with van der Waals surface area (Å²) in [7, 11) is 1.52. The maximum Gasteiger partial charge on any atom is 0.142 e. The Labute approximate surface area is 68.6 Å². The highest BCUT2D eigenvalue weighted by Crippen LogP contribution is 2.10. The van der Waals surface area contributed by atoms with Crippen LogP contribution in [0.2, 0.25) is 0 Å². The summed E-state index contributed by atoms with van der Waals surface area (Å²) >= 11 is 0. The summed E-state index contributed by atoms with van der Waals surface area (Å²) in [6.45, 7) is 4.25. The maximum absolute atomic E-state index is 5.65. The van der Waals surface area contributed by atoms with Crippen LogP contribution in [0.3, 0.4) is 0 Å². The Hall–Kier alpha value is -0.730. The maximum atomic E-state index is 5.65. The topological polar surface area (TPSA) is 47.6 Å². The van der Waals surface area contributed by atoms with Gasteiger partial charge in [0.2, 0.25) is 0 Å². The van der Waals surface area contributed by atoms with Crippen molar-refractivity contribution in [3.63, 3.8) is 0 Å². The van der Waals surface area contributed by atoms with Crippen molar-refractivity contribution >= 4 is 5.84 Å². The van der Waals surface area contributed by atoms with Crippen LogP contribution in [0.15, 0.2) is 5.16 Å². The van der Waals surface area contributed by atoms with Crippen molar-refractivity contribution in [2.45, 2.75) is 33.1 Å². The van der Waals surface area contributed by atoms with Gasteiger partial charge in [0.1, 0.15) is 12.9 Å². The van der Waals surface area contributed by atoms with Gasteiger partial charge in [0.25, 0.3) is 0 Å². The van der Waals surface area contributed by atoms with Crippen LogP contribution in [-0.2, 0) is 4.84 Å². The van der Waals surface area contributed by atoms with Crippen LogP contribution in [-0.4, -0.2) is 12.9 Å². The third-order valence-corrected chi connectivity index (χ3v) is 1.74. The van der Waals surface area contributed by atoms with Crippen LogP contribution >= 0.6 is 0 Å². The Kier molecular flexibility index (Phi) is 5.61. The van der Waals surface area contributed by atoms with E-state index >= 15 is 0 Å². The van der Waals surface area contributed by atoms with Gasteiger partial charge in [0.05, 0.1) is 0 Å². The molecule has 66 valence electrons. The normalized spacial score (nSPS) is 14.6. The summed E-state index contributed by atoms with van der Waals surface area (Å²) in [5, 5.41) is 3.71. The number of oxime groups is 1. The lowest BCUT2D eigenvalue weighted by atomic mass is 10.00. The number of hydrogen-bond donors (Lipinski definition) is 1. The molecule has 1 unspecified atom stereocenters. The zero-order valence-corrected chi connectivity index (χ0v) is 7.63. The molecule has 0 amide bonds. The Morgan fingerprint density at radius 1 is 1.55 bits per heavy atom. The van der Waals surface area contributed by atoms with Gasteiger partial charge >= 0.3 is 0 Å². The molecule has 0 saturated heterocycles. The molecule has 3 nitrogen and oxygen atoms in total. The van der Waals surface area contributed by atoms with E-state index in [4.69, 9.17) is 5.73 Å². The molecule has 0 aliphatic heterocycles. The fourth-order valence-corrected chi connectivity index (χ4v) is 1.09. The molecule has 0 saturated carbocycles. The van der Waals surface area contributed by atoms with E-state index in [1.165, 1.54) is 7.11 Å². The number of hydrogen-bond acceptors (Lipinski definition) is 2. The Bertz CT molecular complexity index is 123. The van der Waals surface area contributed by atoms with Gasteiger partial charge in [-0.05, 0) is 12.8 Å². The lowest BCUT2D eigenvalue weighted by molar-refractivity contribution is 0.210. The van der Waals surface area contributed by atoms with E-state index in [-0.39, 0.29) is 0 Å². The molecule has 0 rings (SSSR count). The Balaban J connectivity index is 3.90. The summed E-state index contributed by atoms with van der Waals surface area (Å²) in [4.78, 5) is 4.60. The third kappa shape index (κ3) is 3.86. The molecule has 0 aromatic heterocycles. The molecule has 0 heterocycles. The molecule has 0 aromatic carbocycles. The summed E-state index contributed by atoms with van der Waals surface area (Å²) in [6, 6.07) is 0. The monoisotopic (exact) mass is 158 g/mol. The van der Waals surface area contributed by atoms with Gasteiger partial charge in [-0.25, -0.2) is 0 Å². The van der Waals surface area contributed by atoms with E-state index in [1.807, 2.05) is 0 Å². The van der Waals surface area contributed by atoms with Crippen LogP contribution < -0.4 is 5.73 Å². The molecule has 0 spiro atoms. The fourth-order valence-electron chi connectivity index (χ4n) is 1.09. The molecule has 0 aromatic rings. The minimum Gasteiger partial charge on any atom is -0.398 e. The SMILES string of the molecule is CCCC(CC)/C(N)=N/OC. The Morgan fingerprint density at radius 2 is 2.18 bits per heavy atom. The first-order valence-electron chi connectivity index (χ1n) is 4.12. The summed E-state index contributed by atoms with van der Waals surface area (Å²) in [5.74, 6) is 1.01. The predicted octanol–water partition coefficient (Wildman–Crippen LogP) is 1.73. The molecule has 0 aliphatic carbocycles. The van der Waals surface area contributed by atoms with Gasteiger partial charge in [-0.1, -0.05) is 25.4 Å². The van der Waals surface area contributed by atoms with Crippen molar-refractivity contribution < 1.29 is 4.84 Å². The average Bonchev–Trinajstić information content (AvgIpc) is 2.00. The van der Waals surface area contributed by atoms with E-state index < -0.39 is 0 Å². The summed E-state index contributed by atoms with van der Waals surface area (Å²) in [6.07, 6.45) is 3.26. The molecule has 0 fully saturated rings. The van der Waals surface area contributed by atoms with E-state index in [0.717, 1.165) is 19.3 Å². The molecular formula is C8H18N2O. The second-order valence-electron chi connectivity index (χ2n) is 2.59. The lowest BCUT2D eigenvalue weighted by Gasteiger charge is -2.11. The summed E-state index contributed by atoms with van der Waals surface area (Å²) in [5.41, 5.74) is 5.65. The second kappa shape index (κ2) is 6.01. The highest BCUT2D eigenvalue weighted by atomic mass is 16.6. The van der Waals surface area contributed by atoms with Crippen LogP contribution in [0.25, 0.3) is 0 Å². The molecule has 1 atom stereocenters. The van der Waals surface area contributed by atoms with E-state index in [0.29, 0.717) is 11.8 Å². The number of amidine groups is 1. The van der Waals surface area contributed by atoms with Crippen molar-refractivity contribution in [3.8, 4) is 0 Å². The van der Waals surface area contributed by atoms with Crippen molar-refractivity contribution in [1.29, 1.82) is 0 Å². The van der Waals surface area contributed by atoms with Gasteiger partial charge in [-0.3, -0.25) is 0 Å². The van der Waals surface area contributed by atoms with Crippen molar-refractivity contribution in [2.75, 3.05) is 7.11 Å². The zero-order chi connectivity index (χ0) is 8.69. The predicted molar refractivity (Wildman–Crippen MR) is 47.3 cm³/mol. The van der Waals surface area contributed by atoms with Gasteiger partial charge in [0.15, 0.2) is 0 Å². The highest BCUT2D eigenvalue weighted by molar-refractivity contribution is 5.82. The molecule has 2 N–H and O–H groups in total. The molecule has 3 heteroatoms. The zero-order valence-electron chi connectivity index (χ0n) is 7.63. The first kappa shape index (κ1) is 10.3. The Morgan fingerprint density at radius 3 is 2.55 bits per heavy atom. The van der Waals surface area contributed by atoms with Gasteiger partial charge in [-0.15, -0.1) is 0 Å². The van der Waals surface area contributed by atoms with E-state index in [2.05, 4.69) is 23.8 Å². The lowest BCUT2D eigenvalue weighted by Crippen LogP contribution is -2.23. The van der Waals surface area contributed by atoms with E-state index in [9.17, 15) is 0 Å². The first-order chi connectivity index (χ1) is 5.26. The van der Waals surface area contributed by atoms with Gasteiger partial charge in [-0.2, -0.15) is 0 Å². The van der Waals surface area contributed by atoms with Crippen LogP contribution in [0.4, 0.5) is 0 Å². The smallest absolute Gasteiger partial charge is 0.142 e. The number of nitrogens with two attached hydrogens (primary N) is 1. The average molecular weight is 158 g/mol. The number of nitrogens with zero attached hydrogens (tertiary/aromatic N) is 1.